The van der Waals surface area contributed by atoms with E-state index in [-0.39, 0.29) is 41.4 Å². The van der Waals surface area contributed by atoms with Crippen LogP contribution in [0.2, 0.25) is 0 Å². The van der Waals surface area contributed by atoms with Crippen LogP contribution >= 0.6 is 0 Å². The average molecular weight is 634 g/mol. The van der Waals surface area contributed by atoms with Crippen LogP contribution in [-0.2, 0) is 36.7 Å². The molecule has 250 valence electrons. The molecule has 2 bridgehead atoms. The molecule has 9 nitrogen and oxygen atoms in total. The molecule has 46 heavy (non-hydrogen) atoms. The van der Waals surface area contributed by atoms with Crippen LogP contribution in [0.4, 0.5) is 4.79 Å². The molecule has 4 aliphatic heterocycles. The first-order valence-corrected chi connectivity index (χ1v) is 18.1. The maximum Gasteiger partial charge on any atom is 0.481 e. The van der Waals surface area contributed by atoms with Crippen molar-refractivity contribution in [2.24, 2.45) is 17.3 Å². The molecule has 3 aliphatic carbocycles. The second-order valence-corrected chi connectivity index (χ2v) is 15.7. The minimum absolute atomic E-state index is 0.0372. The number of hydrogen-bond donors (Lipinski definition) is 1. The van der Waals surface area contributed by atoms with Gasteiger partial charge < -0.3 is 24.3 Å². The second-order valence-electron chi connectivity index (χ2n) is 15.7. The summed E-state index contributed by atoms with van der Waals surface area (Å²) in [6.07, 6.45) is 11.4. The number of nitrogens with one attached hydrogen (secondary N) is 1. The lowest BCUT2D eigenvalue weighted by Gasteiger charge is -2.64. The second kappa shape index (κ2) is 12.8. The summed E-state index contributed by atoms with van der Waals surface area (Å²) in [5, 5.41) is 3.32. The number of carbonyl (C=O) groups excluding carboxylic acids is 3. The van der Waals surface area contributed by atoms with E-state index in [1.165, 1.54) is 25.7 Å². The molecule has 1 N–H and O–H groups in total. The highest BCUT2D eigenvalue weighted by Gasteiger charge is 2.68. The predicted molar refractivity (Wildman–Crippen MR) is 174 cm³/mol. The van der Waals surface area contributed by atoms with Crippen molar-refractivity contribution in [3.05, 3.63) is 35.4 Å². The third-order valence-electron chi connectivity index (χ3n) is 12.5. The van der Waals surface area contributed by atoms with Gasteiger partial charge in [0.2, 0.25) is 11.8 Å². The van der Waals surface area contributed by atoms with Gasteiger partial charge in [-0.15, -0.1) is 0 Å². The first kappa shape index (κ1) is 32.0. The van der Waals surface area contributed by atoms with E-state index < -0.39 is 25.4 Å². The highest BCUT2D eigenvalue weighted by atomic mass is 16.7. The van der Waals surface area contributed by atoms with Gasteiger partial charge in [-0.25, -0.2) is 4.79 Å². The van der Waals surface area contributed by atoms with Crippen molar-refractivity contribution in [3.8, 4) is 0 Å². The summed E-state index contributed by atoms with van der Waals surface area (Å²) >= 11 is 0. The largest absolute Gasteiger partial charge is 0.481 e. The van der Waals surface area contributed by atoms with Gasteiger partial charge in [-0.3, -0.25) is 14.5 Å². The number of rotatable bonds is 2. The van der Waals surface area contributed by atoms with Crippen molar-refractivity contribution in [1.29, 1.82) is 0 Å². The summed E-state index contributed by atoms with van der Waals surface area (Å²) in [6.45, 7) is 8.19. The minimum atomic E-state index is -0.692. The SMILES string of the molecule is CC1(C)[C@H]2CC3OB(C4CCCCCCCCCCC(=O)N5C[C@H](OC(=O)N6Cc7ccccc7C6)CC5C(=O)N4)O[C@]3(C)[C@@H]1C2. The van der Waals surface area contributed by atoms with Gasteiger partial charge in [0.15, 0.2) is 0 Å². The molecule has 8 rings (SSSR count). The number of carbonyl (C=O) groups is 3. The van der Waals surface area contributed by atoms with E-state index in [1.54, 1.807) is 9.80 Å². The fraction of sp³-hybridized carbons (Fsp3) is 0.750. The number of hydrogen-bond acceptors (Lipinski definition) is 6. The molecule has 3 amide bonds. The van der Waals surface area contributed by atoms with E-state index in [4.69, 9.17) is 14.0 Å². The summed E-state index contributed by atoms with van der Waals surface area (Å²) in [5.74, 6) is 0.554. The van der Waals surface area contributed by atoms with E-state index >= 15 is 0 Å². The zero-order chi connectivity index (χ0) is 32.1. The van der Waals surface area contributed by atoms with E-state index in [0.29, 0.717) is 37.8 Å². The smallest absolute Gasteiger partial charge is 0.444 e. The summed E-state index contributed by atoms with van der Waals surface area (Å²) in [4.78, 5) is 44.3. The van der Waals surface area contributed by atoms with Crippen LogP contribution in [0.15, 0.2) is 24.3 Å². The normalized spacial score (nSPS) is 36.4. The fourth-order valence-corrected chi connectivity index (χ4v) is 9.56. The molecule has 0 aromatic heterocycles. The van der Waals surface area contributed by atoms with Gasteiger partial charge in [0, 0.05) is 25.9 Å². The number of fused-ring (bicyclic) bond motifs is 2. The Morgan fingerprint density at radius 1 is 0.935 bits per heavy atom. The predicted octanol–water partition coefficient (Wildman–Crippen LogP) is 5.78. The molecular weight excluding hydrogens is 581 g/mol. The van der Waals surface area contributed by atoms with Gasteiger partial charge in [0.25, 0.3) is 0 Å². The van der Waals surface area contributed by atoms with E-state index in [0.717, 1.165) is 56.1 Å². The zero-order valence-corrected chi connectivity index (χ0v) is 28.0. The average Bonchev–Trinajstić information content (AvgIpc) is 3.75. The first-order valence-electron chi connectivity index (χ1n) is 18.1. The Balaban J connectivity index is 1.06. The quantitative estimate of drug-likeness (QED) is 0.415. The number of ether oxygens (including phenoxy) is 1. The van der Waals surface area contributed by atoms with Crippen molar-refractivity contribution < 1.29 is 28.4 Å². The molecule has 1 aromatic rings. The van der Waals surface area contributed by atoms with Gasteiger partial charge in [-0.2, -0.15) is 0 Å². The van der Waals surface area contributed by atoms with E-state index in [1.807, 2.05) is 24.3 Å². The fourth-order valence-electron chi connectivity index (χ4n) is 9.56. The molecular formula is C36H52BN3O6. The molecule has 4 heterocycles. The van der Waals surface area contributed by atoms with Gasteiger partial charge in [-0.1, -0.05) is 83.1 Å². The Morgan fingerprint density at radius 3 is 2.30 bits per heavy atom. The Morgan fingerprint density at radius 2 is 1.61 bits per heavy atom. The maximum atomic E-state index is 14.1. The molecule has 6 fully saturated rings. The lowest BCUT2D eigenvalue weighted by Crippen LogP contribution is -2.65. The Hall–Kier alpha value is -2.59. The Bertz CT molecular complexity index is 1300. The summed E-state index contributed by atoms with van der Waals surface area (Å²) < 4.78 is 19.5. The Kier molecular flexibility index (Phi) is 8.89. The molecule has 7 aliphatic rings. The topological polar surface area (TPSA) is 97.4 Å². The van der Waals surface area contributed by atoms with Gasteiger partial charge in [0.1, 0.15) is 12.1 Å². The standard InChI is InChI=1S/C36H52BN3O6/c1-35(2)26-18-29(35)36(3)30(19-26)45-37(46-36)31-16-10-8-6-4-5-7-9-11-17-32(41)40-23-27(20-28(40)33(42)38-31)44-34(43)39-21-24-14-12-13-15-25(24)22-39/h12-15,26-31H,4-11,16-23H2,1-3H3,(H,38,42)/t26-,27-,28?,29-,30?,31?,36-/m1/s1. The van der Waals surface area contributed by atoms with Crippen LogP contribution in [0.1, 0.15) is 115 Å². The molecule has 10 heteroatoms. The summed E-state index contributed by atoms with van der Waals surface area (Å²) in [6, 6.07) is 7.34. The third-order valence-corrected chi connectivity index (χ3v) is 12.5. The van der Waals surface area contributed by atoms with Crippen LogP contribution in [0.3, 0.4) is 0 Å². The Labute approximate surface area is 274 Å². The molecule has 3 saturated heterocycles. The lowest BCUT2D eigenvalue weighted by atomic mass is 9.43. The third kappa shape index (κ3) is 5.97. The zero-order valence-electron chi connectivity index (χ0n) is 28.0. The first-order chi connectivity index (χ1) is 22.1. The van der Waals surface area contributed by atoms with E-state index in [2.05, 4.69) is 26.1 Å². The number of benzene rings is 1. The van der Waals surface area contributed by atoms with Crippen LogP contribution in [0.5, 0.6) is 0 Å². The minimum Gasteiger partial charge on any atom is -0.444 e. The van der Waals surface area contributed by atoms with Crippen molar-refractivity contribution in [1.82, 2.24) is 15.1 Å². The van der Waals surface area contributed by atoms with Crippen molar-refractivity contribution in [3.63, 3.8) is 0 Å². The monoisotopic (exact) mass is 633 g/mol. The van der Waals surface area contributed by atoms with Gasteiger partial charge in [0.05, 0.1) is 24.2 Å². The molecule has 3 saturated carbocycles. The van der Waals surface area contributed by atoms with Crippen molar-refractivity contribution in [2.45, 2.75) is 147 Å². The van der Waals surface area contributed by atoms with Crippen LogP contribution in [0.25, 0.3) is 0 Å². The van der Waals surface area contributed by atoms with Crippen LogP contribution in [0, 0.1) is 17.3 Å². The molecule has 0 radical (unpaired) electrons. The van der Waals surface area contributed by atoms with E-state index in [9.17, 15) is 14.4 Å². The van der Waals surface area contributed by atoms with Crippen molar-refractivity contribution in [2.75, 3.05) is 6.54 Å². The molecule has 3 unspecified atom stereocenters. The van der Waals surface area contributed by atoms with Crippen molar-refractivity contribution >= 4 is 25.0 Å². The lowest BCUT2D eigenvalue weighted by molar-refractivity contribution is -0.199. The number of nitrogens with zero attached hydrogens (tertiary/aromatic N) is 2. The maximum absolute atomic E-state index is 14.1. The number of amides is 3. The molecule has 7 atom stereocenters. The highest BCUT2D eigenvalue weighted by molar-refractivity contribution is 6.47. The van der Waals surface area contributed by atoms with Gasteiger partial charge in [-0.05, 0) is 61.0 Å². The van der Waals surface area contributed by atoms with Crippen LogP contribution < -0.4 is 5.32 Å². The van der Waals surface area contributed by atoms with Gasteiger partial charge >= 0.3 is 13.2 Å². The highest BCUT2D eigenvalue weighted by Crippen LogP contribution is 2.65. The molecule has 0 spiro atoms. The summed E-state index contributed by atoms with van der Waals surface area (Å²) in [5.41, 5.74) is 2.14. The molecule has 1 aromatic carbocycles. The van der Waals surface area contributed by atoms with Crippen LogP contribution in [-0.4, -0.2) is 71.2 Å². The summed E-state index contributed by atoms with van der Waals surface area (Å²) in [7, 11) is -0.510.